The summed E-state index contributed by atoms with van der Waals surface area (Å²) >= 11 is 0. The van der Waals surface area contributed by atoms with Crippen molar-refractivity contribution in [3.63, 3.8) is 0 Å². The van der Waals surface area contributed by atoms with Crippen LogP contribution in [-0.2, 0) is 0 Å². The Morgan fingerprint density at radius 1 is 1.35 bits per heavy atom. The molecule has 0 aliphatic heterocycles. The van der Waals surface area contributed by atoms with Gasteiger partial charge in [0.1, 0.15) is 28.9 Å². The van der Waals surface area contributed by atoms with E-state index in [1.54, 1.807) is 19.1 Å². The second kappa shape index (κ2) is 5.41. The number of aromatic carboxylic acids is 1. The molecule has 0 fully saturated rings. The second-order valence-electron chi connectivity index (χ2n) is 4.11. The lowest BCUT2D eigenvalue weighted by atomic mass is 10.1. The molecule has 100 valence electrons. The number of nitrogens with zero attached hydrogens (tertiary/aromatic N) is 1. The number of ether oxygens (including phenoxy) is 1. The molecule has 2 aromatic rings. The van der Waals surface area contributed by atoms with Gasteiger partial charge in [0, 0.05) is 0 Å². The largest absolute Gasteiger partial charge is 0.478 e. The molecule has 1 N–H and O–H groups in total. The van der Waals surface area contributed by atoms with Gasteiger partial charge in [0.05, 0.1) is 5.56 Å². The maximum absolute atomic E-state index is 13.1. The zero-order valence-electron chi connectivity index (χ0n) is 10.6. The van der Waals surface area contributed by atoms with E-state index in [0.717, 1.165) is 12.1 Å². The standard InChI is InChI=1S/C15H10FNO3/c1-9-3-2-4-12(15(18)19)14(9)20-13-6-5-11(16)7-10(13)8-17/h2-7H,1H3,(H,18,19). The van der Waals surface area contributed by atoms with Gasteiger partial charge in [0.2, 0.25) is 0 Å². The number of aryl methyl sites for hydroxylation is 1. The number of halogens is 1. The average molecular weight is 271 g/mol. The second-order valence-corrected chi connectivity index (χ2v) is 4.11. The predicted octanol–water partition coefficient (Wildman–Crippen LogP) is 3.50. The normalized spacial score (nSPS) is 9.85. The Kier molecular flexibility index (Phi) is 3.67. The first-order valence-corrected chi connectivity index (χ1v) is 5.73. The summed E-state index contributed by atoms with van der Waals surface area (Å²) in [5, 5.41) is 18.1. The minimum absolute atomic E-state index is 0.00425. The van der Waals surface area contributed by atoms with Crippen molar-refractivity contribution in [3.05, 3.63) is 58.9 Å². The number of nitriles is 1. The predicted molar refractivity (Wildman–Crippen MR) is 69.3 cm³/mol. The summed E-state index contributed by atoms with van der Waals surface area (Å²) in [5.41, 5.74) is 0.598. The summed E-state index contributed by atoms with van der Waals surface area (Å²) in [7, 11) is 0. The lowest BCUT2D eigenvalue weighted by molar-refractivity contribution is 0.0694. The molecule has 0 radical (unpaired) electrons. The van der Waals surface area contributed by atoms with Crippen LogP contribution in [0.15, 0.2) is 36.4 Å². The van der Waals surface area contributed by atoms with Crippen LogP contribution in [0.4, 0.5) is 4.39 Å². The molecule has 0 atom stereocenters. The van der Waals surface area contributed by atoms with Crippen molar-refractivity contribution in [1.82, 2.24) is 0 Å². The number of carboxylic acid groups (broad SMARTS) is 1. The number of benzene rings is 2. The fourth-order valence-corrected chi connectivity index (χ4v) is 1.74. The van der Waals surface area contributed by atoms with Gasteiger partial charge < -0.3 is 9.84 Å². The molecular formula is C15H10FNO3. The summed E-state index contributed by atoms with van der Waals surface area (Å²) in [6.45, 7) is 1.69. The van der Waals surface area contributed by atoms with E-state index in [0.29, 0.717) is 5.56 Å². The van der Waals surface area contributed by atoms with Gasteiger partial charge in [-0.15, -0.1) is 0 Å². The molecule has 0 bridgehead atoms. The van der Waals surface area contributed by atoms with E-state index in [-0.39, 0.29) is 22.6 Å². The van der Waals surface area contributed by atoms with Crippen LogP contribution in [0.25, 0.3) is 0 Å². The van der Waals surface area contributed by atoms with Crippen molar-refractivity contribution < 1.29 is 19.0 Å². The van der Waals surface area contributed by atoms with Gasteiger partial charge in [-0.25, -0.2) is 9.18 Å². The number of hydrogen-bond acceptors (Lipinski definition) is 3. The number of carboxylic acids is 1. The minimum atomic E-state index is -1.13. The number of para-hydroxylation sites is 1. The van der Waals surface area contributed by atoms with Crippen LogP contribution in [0.1, 0.15) is 21.5 Å². The lowest BCUT2D eigenvalue weighted by Gasteiger charge is -2.12. The van der Waals surface area contributed by atoms with Gasteiger partial charge in [-0.1, -0.05) is 12.1 Å². The van der Waals surface area contributed by atoms with Crippen LogP contribution in [0.3, 0.4) is 0 Å². The van der Waals surface area contributed by atoms with Crippen LogP contribution in [0, 0.1) is 24.1 Å². The third-order valence-corrected chi connectivity index (χ3v) is 2.72. The molecule has 0 aromatic heterocycles. The zero-order valence-corrected chi connectivity index (χ0v) is 10.6. The maximum atomic E-state index is 13.1. The molecule has 20 heavy (non-hydrogen) atoms. The van der Waals surface area contributed by atoms with E-state index in [9.17, 15) is 9.18 Å². The smallest absolute Gasteiger partial charge is 0.339 e. The molecular weight excluding hydrogens is 261 g/mol. The lowest BCUT2D eigenvalue weighted by Crippen LogP contribution is -2.02. The Hall–Kier alpha value is -2.87. The van der Waals surface area contributed by atoms with Gasteiger partial charge >= 0.3 is 5.97 Å². The Balaban J connectivity index is 2.51. The topological polar surface area (TPSA) is 70.3 Å². The van der Waals surface area contributed by atoms with Crippen LogP contribution in [-0.4, -0.2) is 11.1 Å². The quantitative estimate of drug-likeness (QED) is 0.927. The number of rotatable bonds is 3. The molecule has 5 heteroatoms. The molecule has 0 unspecified atom stereocenters. The molecule has 0 heterocycles. The highest BCUT2D eigenvalue weighted by molar-refractivity contribution is 5.91. The Bertz CT molecular complexity index is 720. The SMILES string of the molecule is Cc1cccc(C(=O)O)c1Oc1ccc(F)cc1C#N. The van der Waals surface area contributed by atoms with Crippen LogP contribution < -0.4 is 4.74 Å². The van der Waals surface area contributed by atoms with E-state index in [4.69, 9.17) is 15.1 Å². The maximum Gasteiger partial charge on any atom is 0.339 e. The van der Waals surface area contributed by atoms with E-state index in [1.165, 1.54) is 12.1 Å². The molecule has 0 aliphatic carbocycles. The van der Waals surface area contributed by atoms with Gasteiger partial charge in [0.15, 0.2) is 0 Å². The van der Waals surface area contributed by atoms with Gasteiger partial charge in [-0.05, 0) is 36.8 Å². The van der Waals surface area contributed by atoms with Crippen molar-refractivity contribution in [2.24, 2.45) is 0 Å². The fraction of sp³-hybridized carbons (Fsp3) is 0.0667. The van der Waals surface area contributed by atoms with Crippen LogP contribution in [0.5, 0.6) is 11.5 Å². The van der Waals surface area contributed by atoms with E-state index < -0.39 is 11.8 Å². The third-order valence-electron chi connectivity index (χ3n) is 2.72. The molecule has 2 aromatic carbocycles. The average Bonchev–Trinajstić information content (AvgIpc) is 2.42. The summed E-state index contributed by atoms with van der Waals surface area (Å²) in [4.78, 5) is 11.2. The summed E-state index contributed by atoms with van der Waals surface area (Å²) < 4.78 is 18.6. The van der Waals surface area contributed by atoms with Crippen molar-refractivity contribution >= 4 is 5.97 Å². The van der Waals surface area contributed by atoms with E-state index in [2.05, 4.69) is 0 Å². The molecule has 0 saturated heterocycles. The molecule has 2 rings (SSSR count). The highest BCUT2D eigenvalue weighted by Crippen LogP contribution is 2.31. The van der Waals surface area contributed by atoms with Gasteiger partial charge in [-0.2, -0.15) is 5.26 Å². The molecule has 4 nitrogen and oxygen atoms in total. The van der Waals surface area contributed by atoms with Crippen LogP contribution >= 0.6 is 0 Å². The summed E-state index contributed by atoms with van der Waals surface area (Å²) in [5.74, 6) is -1.43. The number of hydrogen-bond donors (Lipinski definition) is 1. The minimum Gasteiger partial charge on any atom is -0.478 e. The summed E-state index contributed by atoms with van der Waals surface area (Å²) in [6, 6.07) is 9.99. The van der Waals surface area contributed by atoms with E-state index >= 15 is 0 Å². The molecule has 0 saturated carbocycles. The fourth-order valence-electron chi connectivity index (χ4n) is 1.74. The first kappa shape index (κ1) is 13.6. The van der Waals surface area contributed by atoms with Gasteiger partial charge in [0.25, 0.3) is 0 Å². The van der Waals surface area contributed by atoms with Crippen LogP contribution in [0.2, 0.25) is 0 Å². The molecule has 0 spiro atoms. The van der Waals surface area contributed by atoms with Crippen molar-refractivity contribution in [1.29, 1.82) is 5.26 Å². The number of carbonyl (C=O) groups is 1. The van der Waals surface area contributed by atoms with Gasteiger partial charge in [-0.3, -0.25) is 0 Å². The van der Waals surface area contributed by atoms with Crippen molar-refractivity contribution in [2.45, 2.75) is 6.92 Å². The summed E-state index contributed by atoms with van der Waals surface area (Å²) in [6.07, 6.45) is 0. The Morgan fingerprint density at radius 2 is 2.10 bits per heavy atom. The third kappa shape index (κ3) is 2.59. The Labute approximate surface area is 114 Å². The zero-order chi connectivity index (χ0) is 14.7. The van der Waals surface area contributed by atoms with Crippen molar-refractivity contribution in [3.8, 4) is 17.6 Å². The molecule has 0 amide bonds. The Morgan fingerprint density at radius 3 is 2.75 bits per heavy atom. The first-order valence-electron chi connectivity index (χ1n) is 5.73. The molecule has 0 aliphatic rings. The monoisotopic (exact) mass is 271 g/mol. The van der Waals surface area contributed by atoms with E-state index in [1.807, 2.05) is 6.07 Å². The highest BCUT2D eigenvalue weighted by atomic mass is 19.1. The van der Waals surface area contributed by atoms with Crippen molar-refractivity contribution in [2.75, 3.05) is 0 Å². The first-order chi connectivity index (χ1) is 9.52. The highest BCUT2D eigenvalue weighted by Gasteiger charge is 2.16.